The van der Waals surface area contributed by atoms with Gasteiger partial charge in [0.05, 0.1) is 0 Å². The molecule has 1 fully saturated rings. The smallest absolute Gasteiger partial charge is 0.475 e. The molecule has 1 saturated carbocycles. The number of hydrogen-bond donors (Lipinski definition) is 3. The minimum Gasteiger partial charge on any atom is -0.475 e. The summed E-state index contributed by atoms with van der Waals surface area (Å²) in [6, 6.07) is 16.7. The Bertz CT molecular complexity index is 915. The van der Waals surface area contributed by atoms with Crippen molar-refractivity contribution in [2.45, 2.75) is 58.3 Å². The van der Waals surface area contributed by atoms with Gasteiger partial charge in [-0.15, -0.1) is 0 Å². The minimum absolute atomic E-state index is 0.389. The van der Waals surface area contributed by atoms with Crippen LogP contribution in [0.3, 0.4) is 0 Å². The standard InChI is InChI=1S/C22H28N2O.C2HF3O2/c1-22(2)12-10-20(11-13-22)24-15-16-4-3-5-19(14-16)17-6-8-18(9-7-17)21(23)25;3-2(4,5)1(6)7/h3-9,14,20,24H,10-13,15H2,1-2H3,(H2,23,25);(H,6,7). The highest BCUT2D eigenvalue weighted by Crippen LogP contribution is 2.35. The van der Waals surface area contributed by atoms with Crippen molar-refractivity contribution in [3.8, 4) is 11.1 Å². The quantitative estimate of drug-likeness (QED) is 0.588. The highest BCUT2D eigenvalue weighted by molar-refractivity contribution is 5.93. The summed E-state index contributed by atoms with van der Waals surface area (Å²) in [4.78, 5) is 20.1. The van der Waals surface area contributed by atoms with Gasteiger partial charge in [0.1, 0.15) is 0 Å². The molecule has 0 unspecified atom stereocenters. The lowest BCUT2D eigenvalue weighted by molar-refractivity contribution is -0.192. The lowest BCUT2D eigenvalue weighted by atomic mass is 9.75. The third kappa shape index (κ3) is 8.00. The lowest BCUT2D eigenvalue weighted by Crippen LogP contribution is -2.35. The number of aliphatic carboxylic acids is 1. The maximum atomic E-state index is 11.2. The van der Waals surface area contributed by atoms with E-state index >= 15 is 0 Å². The number of amides is 1. The molecule has 1 aliphatic carbocycles. The molecule has 1 aliphatic rings. The molecule has 1 amide bonds. The first-order valence-electron chi connectivity index (χ1n) is 10.4. The van der Waals surface area contributed by atoms with Crippen LogP contribution in [0.4, 0.5) is 13.2 Å². The zero-order chi connectivity index (χ0) is 23.9. The Labute approximate surface area is 185 Å². The summed E-state index contributed by atoms with van der Waals surface area (Å²) in [7, 11) is 0. The van der Waals surface area contributed by atoms with Crippen LogP contribution in [0, 0.1) is 5.41 Å². The number of carboxylic acids is 1. The second-order valence-electron chi connectivity index (χ2n) is 8.76. The van der Waals surface area contributed by atoms with Crippen molar-refractivity contribution in [1.29, 1.82) is 0 Å². The number of rotatable bonds is 5. The Morgan fingerprint density at radius 3 is 2.12 bits per heavy atom. The number of carbonyl (C=O) groups excluding carboxylic acids is 1. The summed E-state index contributed by atoms with van der Waals surface area (Å²) in [6.07, 6.45) is 0.0520. The average Bonchev–Trinajstić information content (AvgIpc) is 2.73. The molecule has 0 spiro atoms. The van der Waals surface area contributed by atoms with E-state index in [0.717, 1.165) is 12.1 Å². The lowest BCUT2D eigenvalue weighted by Gasteiger charge is -2.34. The zero-order valence-corrected chi connectivity index (χ0v) is 18.2. The van der Waals surface area contributed by atoms with Gasteiger partial charge in [-0.1, -0.05) is 44.2 Å². The van der Waals surface area contributed by atoms with Gasteiger partial charge in [0.15, 0.2) is 0 Å². The van der Waals surface area contributed by atoms with Crippen molar-refractivity contribution in [3.05, 3.63) is 59.7 Å². The maximum Gasteiger partial charge on any atom is 0.490 e. The summed E-state index contributed by atoms with van der Waals surface area (Å²) in [5.74, 6) is -3.15. The Morgan fingerprint density at radius 1 is 1.06 bits per heavy atom. The highest BCUT2D eigenvalue weighted by atomic mass is 19.4. The fourth-order valence-corrected chi connectivity index (χ4v) is 3.55. The van der Waals surface area contributed by atoms with Gasteiger partial charge in [0, 0.05) is 18.2 Å². The van der Waals surface area contributed by atoms with Gasteiger partial charge in [-0.05, 0) is 66.0 Å². The topological polar surface area (TPSA) is 92.4 Å². The number of alkyl halides is 3. The summed E-state index contributed by atoms with van der Waals surface area (Å²) >= 11 is 0. The molecule has 0 aliphatic heterocycles. The van der Waals surface area contributed by atoms with Crippen LogP contribution in [0.1, 0.15) is 55.5 Å². The largest absolute Gasteiger partial charge is 0.490 e. The van der Waals surface area contributed by atoms with E-state index in [4.69, 9.17) is 15.6 Å². The summed E-state index contributed by atoms with van der Waals surface area (Å²) < 4.78 is 31.7. The fourth-order valence-electron chi connectivity index (χ4n) is 3.55. The number of hydrogen-bond acceptors (Lipinski definition) is 3. The maximum absolute atomic E-state index is 11.2. The Balaban J connectivity index is 0.000000451. The van der Waals surface area contributed by atoms with Crippen molar-refractivity contribution >= 4 is 11.9 Å². The molecule has 0 heterocycles. The molecule has 5 nitrogen and oxygen atoms in total. The Hall–Kier alpha value is -2.87. The van der Waals surface area contributed by atoms with Crippen molar-refractivity contribution in [2.24, 2.45) is 11.1 Å². The third-order valence-corrected chi connectivity index (χ3v) is 5.61. The number of primary amides is 1. The van der Waals surface area contributed by atoms with E-state index in [1.54, 1.807) is 12.1 Å². The molecule has 0 bridgehead atoms. The van der Waals surface area contributed by atoms with E-state index in [0.29, 0.717) is 17.0 Å². The highest BCUT2D eigenvalue weighted by Gasteiger charge is 2.38. The van der Waals surface area contributed by atoms with Gasteiger partial charge in [-0.25, -0.2) is 4.79 Å². The molecule has 3 rings (SSSR count). The van der Waals surface area contributed by atoms with Crippen molar-refractivity contribution in [1.82, 2.24) is 5.32 Å². The molecular weight excluding hydrogens is 421 g/mol. The average molecular weight is 451 g/mol. The van der Waals surface area contributed by atoms with Crippen LogP contribution in [0.5, 0.6) is 0 Å². The SMILES string of the molecule is CC1(C)CCC(NCc2cccc(-c3ccc(C(N)=O)cc3)c2)CC1.O=C(O)C(F)(F)F. The molecule has 0 aromatic heterocycles. The second-order valence-corrected chi connectivity index (χ2v) is 8.76. The summed E-state index contributed by atoms with van der Waals surface area (Å²) in [6.45, 7) is 5.64. The first-order chi connectivity index (χ1) is 14.9. The monoisotopic (exact) mass is 450 g/mol. The van der Waals surface area contributed by atoms with E-state index in [-0.39, 0.29) is 5.91 Å². The van der Waals surface area contributed by atoms with Crippen LogP contribution in [0.2, 0.25) is 0 Å². The van der Waals surface area contributed by atoms with Gasteiger partial charge in [0.25, 0.3) is 0 Å². The van der Waals surface area contributed by atoms with Crippen LogP contribution in [-0.2, 0) is 11.3 Å². The van der Waals surface area contributed by atoms with Crippen molar-refractivity contribution < 1.29 is 27.9 Å². The molecule has 8 heteroatoms. The predicted molar refractivity (Wildman–Crippen MR) is 117 cm³/mol. The van der Waals surface area contributed by atoms with Crippen LogP contribution in [0.15, 0.2) is 48.5 Å². The number of carbonyl (C=O) groups is 2. The normalized spacial score (nSPS) is 16.0. The fraction of sp³-hybridized carbons (Fsp3) is 0.417. The van der Waals surface area contributed by atoms with E-state index in [2.05, 4.69) is 43.4 Å². The predicted octanol–water partition coefficient (Wildman–Crippen LogP) is 5.14. The van der Waals surface area contributed by atoms with Crippen molar-refractivity contribution in [2.75, 3.05) is 0 Å². The van der Waals surface area contributed by atoms with Crippen LogP contribution in [0.25, 0.3) is 11.1 Å². The van der Waals surface area contributed by atoms with Crippen LogP contribution < -0.4 is 11.1 Å². The van der Waals surface area contributed by atoms with Gasteiger partial charge in [0.2, 0.25) is 5.91 Å². The summed E-state index contributed by atoms with van der Waals surface area (Å²) in [5, 5.41) is 10.8. The molecule has 0 atom stereocenters. The van der Waals surface area contributed by atoms with Gasteiger partial charge in [-0.3, -0.25) is 4.79 Å². The first-order valence-corrected chi connectivity index (χ1v) is 10.4. The molecule has 174 valence electrons. The molecular formula is C24H29F3N2O3. The number of benzene rings is 2. The molecule has 32 heavy (non-hydrogen) atoms. The molecule has 2 aromatic carbocycles. The molecule has 2 aromatic rings. The van der Waals surface area contributed by atoms with Crippen molar-refractivity contribution in [3.63, 3.8) is 0 Å². The Kier molecular flexibility index (Phi) is 8.44. The van der Waals surface area contributed by atoms with E-state index < -0.39 is 12.1 Å². The number of nitrogens with one attached hydrogen (secondary N) is 1. The number of carboxylic acid groups (broad SMARTS) is 1. The first kappa shape index (κ1) is 25.4. The Morgan fingerprint density at radius 2 is 1.62 bits per heavy atom. The van der Waals surface area contributed by atoms with Gasteiger partial charge < -0.3 is 16.2 Å². The van der Waals surface area contributed by atoms with Gasteiger partial charge >= 0.3 is 12.1 Å². The molecule has 0 saturated heterocycles. The van der Waals surface area contributed by atoms with Crippen LogP contribution in [-0.4, -0.2) is 29.2 Å². The van der Waals surface area contributed by atoms with E-state index in [9.17, 15) is 18.0 Å². The molecule has 4 N–H and O–H groups in total. The van der Waals surface area contributed by atoms with Crippen LogP contribution >= 0.6 is 0 Å². The summed E-state index contributed by atoms with van der Waals surface area (Å²) in [5.41, 5.74) is 9.92. The second kappa shape index (κ2) is 10.6. The van der Waals surface area contributed by atoms with E-state index in [1.165, 1.54) is 36.8 Å². The molecule has 0 radical (unpaired) electrons. The zero-order valence-electron chi connectivity index (χ0n) is 18.2. The number of nitrogens with two attached hydrogens (primary N) is 1. The minimum atomic E-state index is -5.08. The number of halogens is 3. The third-order valence-electron chi connectivity index (χ3n) is 5.61. The van der Waals surface area contributed by atoms with Gasteiger partial charge in [-0.2, -0.15) is 13.2 Å². The van der Waals surface area contributed by atoms with E-state index in [1.807, 2.05) is 12.1 Å².